The van der Waals surface area contributed by atoms with Crippen molar-refractivity contribution >= 4 is 11.6 Å². The van der Waals surface area contributed by atoms with Crippen LogP contribution in [0.4, 0.5) is 5.69 Å². The van der Waals surface area contributed by atoms with Gasteiger partial charge in [0.05, 0.1) is 5.69 Å². The highest BCUT2D eigenvalue weighted by Gasteiger charge is 2.14. The normalized spacial score (nSPS) is 10.1. The monoisotopic (exact) mass is 236 g/mol. The Morgan fingerprint density at radius 3 is 2.88 bits per heavy atom. The lowest BCUT2D eigenvalue weighted by molar-refractivity contribution is 0.0756. The molecule has 94 valence electrons. The first-order valence-electron chi connectivity index (χ1n) is 5.94. The Labute approximate surface area is 102 Å². The average molecular weight is 236 g/mol. The van der Waals surface area contributed by atoms with E-state index in [0.29, 0.717) is 17.9 Å². The predicted molar refractivity (Wildman–Crippen MR) is 68.5 cm³/mol. The van der Waals surface area contributed by atoms with Crippen molar-refractivity contribution in [3.05, 3.63) is 24.0 Å². The van der Waals surface area contributed by atoms with Crippen molar-refractivity contribution in [1.29, 1.82) is 0 Å². The molecule has 1 aromatic rings. The number of rotatable bonds is 6. The van der Waals surface area contributed by atoms with Gasteiger partial charge in [-0.2, -0.15) is 0 Å². The van der Waals surface area contributed by atoms with E-state index in [1.54, 1.807) is 23.2 Å². The van der Waals surface area contributed by atoms with Crippen LogP contribution in [-0.2, 0) is 0 Å². The Kier molecular flexibility index (Phi) is 5.42. The first kappa shape index (κ1) is 13.4. The number of carbonyl (C=O) groups is 1. The van der Waals surface area contributed by atoms with Gasteiger partial charge in [-0.15, -0.1) is 0 Å². The summed E-state index contributed by atoms with van der Waals surface area (Å²) in [4.78, 5) is 18.0. The van der Waals surface area contributed by atoms with Crippen LogP contribution in [0.15, 0.2) is 18.3 Å². The topological polar surface area (TPSA) is 71.2 Å². The molecule has 0 atom stereocenters. The van der Waals surface area contributed by atoms with E-state index in [-0.39, 0.29) is 5.91 Å². The molecule has 0 fully saturated rings. The summed E-state index contributed by atoms with van der Waals surface area (Å²) in [6.45, 7) is 5.54. The van der Waals surface area contributed by atoms with Gasteiger partial charge in [-0.3, -0.25) is 15.6 Å². The maximum absolute atomic E-state index is 12.1. The molecule has 1 rings (SSSR count). The van der Waals surface area contributed by atoms with Crippen molar-refractivity contribution in [2.24, 2.45) is 5.84 Å². The number of pyridine rings is 1. The number of nitrogens with two attached hydrogens (primary N) is 1. The van der Waals surface area contributed by atoms with E-state index in [1.807, 2.05) is 6.92 Å². The van der Waals surface area contributed by atoms with Gasteiger partial charge in [0, 0.05) is 19.3 Å². The molecule has 1 aromatic heterocycles. The molecule has 0 aliphatic heterocycles. The molecular formula is C12H20N4O. The molecule has 3 N–H and O–H groups in total. The number of carbonyl (C=O) groups excluding carboxylic acids is 1. The van der Waals surface area contributed by atoms with Crippen LogP contribution < -0.4 is 11.3 Å². The molecule has 0 saturated heterocycles. The van der Waals surface area contributed by atoms with Gasteiger partial charge < -0.3 is 10.3 Å². The number of anilines is 1. The Balaban J connectivity index is 2.78. The minimum absolute atomic E-state index is 0.0435. The number of unbranched alkanes of at least 4 members (excludes halogenated alkanes) is 1. The highest BCUT2D eigenvalue weighted by molar-refractivity contribution is 5.93. The third-order valence-corrected chi connectivity index (χ3v) is 2.60. The second-order valence-electron chi connectivity index (χ2n) is 3.81. The Morgan fingerprint density at radius 2 is 2.29 bits per heavy atom. The molecule has 0 spiro atoms. The van der Waals surface area contributed by atoms with E-state index >= 15 is 0 Å². The molecule has 0 aliphatic carbocycles. The fraction of sp³-hybridized carbons (Fsp3) is 0.500. The van der Waals surface area contributed by atoms with E-state index in [1.165, 1.54) is 0 Å². The van der Waals surface area contributed by atoms with Crippen LogP contribution in [0.25, 0.3) is 0 Å². The van der Waals surface area contributed by atoms with Crippen LogP contribution in [0.1, 0.15) is 37.2 Å². The summed E-state index contributed by atoms with van der Waals surface area (Å²) in [6, 6.07) is 3.38. The van der Waals surface area contributed by atoms with Gasteiger partial charge in [0.1, 0.15) is 5.69 Å². The largest absolute Gasteiger partial charge is 0.338 e. The molecule has 1 heterocycles. The van der Waals surface area contributed by atoms with Crippen LogP contribution in [0, 0.1) is 0 Å². The number of aromatic nitrogens is 1. The molecule has 5 nitrogen and oxygen atoms in total. The zero-order valence-electron chi connectivity index (χ0n) is 10.4. The molecule has 5 heteroatoms. The maximum Gasteiger partial charge on any atom is 0.272 e. The molecule has 1 amide bonds. The number of hydrazine groups is 1. The molecule has 0 bridgehead atoms. The maximum atomic E-state index is 12.1. The van der Waals surface area contributed by atoms with Crippen LogP contribution in [0.3, 0.4) is 0 Å². The molecule has 0 aliphatic rings. The summed E-state index contributed by atoms with van der Waals surface area (Å²) in [7, 11) is 0. The number of nitrogens with one attached hydrogen (secondary N) is 1. The number of amides is 1. The van der Waals surface area contributed by atoms with Gasteiger partial charge in [-0.05, 0) is 25.5 Å². The van der Waals surface area contributed by atoms with Gasteiger partial charge in [-0.25, -0.2) is 0 Å². The van der Waals surface area contributed by atoms with Gasteiger partial charge in [0.15, 0.2) is 0 Å². The Morgan fingerprint density at radius 1 is 1.53 bits per heavy atom. The summed E-state index contributed by atoms with van der Waals surface area (Å²) >= 11 is 0. The lowest BCUT2D eigenvalue weighted by Gasteiger charge is -2.20. The minimum atomic E-state index is -0.0435. The van der Waals surface area contributed by atoms with Gasteiger partial charge in [-0.1, -0.05) is 13.3 Å². The Bertz CT molecular complexity index is 367. The highest BCUT2D eigenvalue weighted by Crippen LogP contribution is 2.09. The second kappa shape index (κ2) is 6.85. The molecule has 0 unspecified atom stereocenters. The summed E-state index contributed by atoms with van der Waals surface area (Å²) in [5.74, 6) is 5.26. The third-order valence-electron chi connectivity index (χ3n) is 2.60. The number of nitrogens with zero attached hydrogens (tertiary/aromatic N) is 2. The highest BCUT2D eigenvalue weighted by atomic mass is 16.2. The quantitative estimate of drug-likeness (QED) is 0.581. The Hall–Kier alpha value is -1.62. The minimum Gasteiger partial charge on any atom is -0.338 e. The smallest absolute Gasteiger partial charge is 0.272 e. The number of hydrogen-bond donors (Lipinski definition) is 2. The van der Waals surface area contributed by atoms with E-state index in [0.717, 1.165) is 19.4 Å². The number of nitrogen functional groups attached to an aromatic ring is 1. The lowest BCUT2D eigenvalue weighted by atomic mass is 10.2. The van der Waals surface area contributed by atoms with Crippen LogP contribution >= 0.6 is 0 Å². The van der Waals surface area contributed by atoms with E-state index in [2.05, 4.69) is 17.3 Å². The van der Waals surface area contributed by atoms with Gasteiger partial charge >= 0.3 is 0 Å². The van der Waals surface area contributed by atoms with Gasteiger partial charge in [0.2, 0.25) is 0 Å². The summed E-state index contributed by atoms with van der Waals surface area (Å²) < 4.78 is 0. The van der Waals surface area contributed by atoms with E-state index in [4.69, 9.17) is 5.84 Å². The average Bonchev–Trinajstić information content (AvgIpc) is 2.39. The summed E-state index contributed by atoms with van der Waals surface area (Å²) in [5.41, 5.74) is 3.63. The first-order valence-corrected chi connectivity index (χ1v) is 5.94. The van der Waals surface area contributed by atoms with Crippen molar-refractivity contribution in [1.82, 2.24) is 9.88 Å². The van der Waals surface area contributed by atoms with Crippen LogP contribution in [0.5, 0.6) is 0 Å². The van der Waals surface area contributed by atoms with Crippen molar-refractivity contribution in [2.45, 2.75) is 26.7 Å². The summed E-state index contributed by atoms with van der Waals surface area (Å²) in [5, 5.41) is 0. The number of hydrogen-bond acceptors (Lipinski definition) is 4. The van der Waals surface area contributed by atoms with E-state index in [9.17, 15) is 4.79 Å². The molecule has 0 aromatic carbocycles. The van der Waals surface area contributed by atoms with E-state index < -0.39 is 0 Å². The first-order chi connectivity index (χ1) is 8.22. The SMILES string of the molecule is CCCCN(CC)C(=O)c1cc(NN)ccn1. The molecule has 0 saturated carbocycles. The summed E-state index contributed by atoms with van der Waals surface area (Å²) in [6.07, 6.45) is 3.66. The fourth-order valence-electron chi connectivity index (χ4n) is 1.55. The van der Waals surface area contributed by atoms with Crippen LogP contribution in [0.2, 0.25) is 0 Å². The standard InChI is InChI=1S/C12H20N4O/c1-3-5-8-16(4-2)12(17)11-9-10(15-13)6-7-14-11/h6-7,9H,3-5,8,13H2,1-2H3,(H,14,15). The van der Waals surface area contributed by atoms with Crippen LogP contribution in [-0.4, -0.2) is 28.9 Å². The predicted octanol–water partition coefficient (Wildman–Crippen LogP) is 1.63. The second-order valence-corrected chi connectivity index (χ2v) is 3.81. The van der Waals surface area contributed by atoms with Crippen molar-refractivity contribution < 1.29 is 4.79 Å². The third kappa shape index (κ3) is 3.71. The molecule has 0 radical (unpaired) electrons. The zero-order valence-corrected chi connectivity index (χ0v) is 10.4. The zero-order chi connectivity index (χ0) is 12.7. The lowest BCUT2D eigenvalue weighted by Crippen LogP contribution is -2.32. The van der Waals surface area contributed by atoms with Crippen molar-refractivity contribution in [3.8, 4) is 0 Å². The van der Waals surface area contributed by atoms with Crippen molar-refractivity contribution in [2.75, 3.05) is 18.5 Å². The molecular weight excluding hydrogens is 216 g/mol. The van der Waals surface area contributed by atoms with Crippen molar-refractivity contribution in [3.63, 3.8) is 0 Å². The van der Waals surface area contributed by atoms with Gasteiger partial charge in [0.25, 0.3) is 5.91 Å². The molecule has 17 heavy (non-hydrogen) atoms. The fourth-order valence-corrected chi connectivity index (χ4v) is 1.55.